The lowest BCUT2D eigenvalue weighted by atomic mass is 9.99. The molecular weight excluding hydrogens is 1650 g/mol. The zero-order valence-electron chi connectivity index (χ0n) is 65.4. The average molecular weight is 1720 g/mol. The third-order valence-electron chi connectivity index (χ3n) is 17.9. The van der Waals surface area contributed by atoms with Crippen LogP contribution < -0.4 is 4.74 Å². The number of nitrogens with one attached hydrogen (secondary N) is 9. The Morgan fingerprint density at radius 1 is 0.352 bits per heavy atom. The molecule has 18 rings (SSSR count). The second kappa shape index (κ2) is 44.0. The molecule has 15 aromatic heterocycles. The molecular formula is C93H69ClF3N19OS5. The Kier molecular flexibility index (Phi) is 32.0. The largest absolute Gasteiger partial charge is 0.496 e. The predicted octanol–water partition coefficient (Wildman–Crippen LogP) is 25.2. The van der Waals surface area contributed by atoms with Crippen molar-refractivity contribution >= 4 is 68.3 Å². The van der Waals surface area contributed by atoms with Crippen LogP contribution in [0.15, 0.2) is 273 Å². The van der Waals surface area contributed by atoms with Crippen molar-refractivity contribution in [3.63, 3.8) is 0 Å². The van der Waals surface area contributed by atoms with Gasteiger partial charge in [0, 0.05) is 205 Å². The lowest BCUT2D eigenvalue weighted by Gasteiger charge is -2.11. The van der Waals surface area contributed by atoms with E-state index in [0.717, 1.165) is 97.7 Å². The Morgan fingerprint density at radius 2 is 0.770 bits per heavy atom. The molecule has 0 bridgehead atoms. The van der Waals surface area contributed by atoms with Crippen LogP contribution in [0.2, 0.25) is 4.34 Å². The number of hydrogen-bond acceptors (Lipinski definition) is 15. The van der Waals surface area contributed by atoms with Crippen molar-refractivity contribution in [2.45, 2.75) is 26.9 Å². The maximum absolute atomic E-state index is 12.8. The summed E-state index contributed by atoms with van der Waals surface area (Å²) in [5, 5.41) is 87.4. The topological polar surface area (TPSA) is 370 Å². The maximum Gasteiger partial charge on any atom is 0.417 e. The fourth-order valence-electron chi connectivity index (χ4n) is 12.0. The van der Waals surface area contributed by atoms with Gasteiger partial charge in [-0.1, -0.05) is 78.3 Å². The molecule has 9 N–H and O–H groups in total. The molecule has 20 nitrogen and oxygen atoms in total. The smallest absolute Gasteiger partial charge is 0.417 e. The van der Waals surface area contributed by atoms with Gasteiger partial charge in [-0.05, 0) is 137 Å². The zero-order valence-corrected chi connectivity index (χ0v) is 70.3. The van der Waals surface area contributed by atoms with E-state index in [9.17, 15) is 13.2 Å². The number of nitrogens with zero attached hydrogens (tertiary/aromatic N) is 10. The molecule has 18 aromatic rings. The molecule has 0 saturated carbocycles. The monoisotopic (exact) mass is 1720 g/mol. The van der Waals surface area contributed by atoms with E-state index in [4.69, 9.17) is 63.7 Å². The van der Waals surface area contributed by atoms with Crippen molar-refractivity contribution in [2.75, 3.05) is 7.11 Å². The number of benzene rings is 3. The molecule has 15 heterocycles. The number of methoxy groups -OCH3 is 1. The first kappa shape index (κ1) is 88.6. The van der Waals surface area contributed by atoms with E-state index in [1.165, 1.54) is 62.8 Å². The van der Waals surface area contributed by atoms with Gasteiger partial charge in [-0.3, -0.25) is 0 Å². The van der Waals surface area contributed by atoms with E-state index in [0.29, 0.717) is 44.5 Å². The second-order valence-electron chi connectivity index (χ2n) is 25.5. The number of para-hydroxylation sites is 1. The van der Waals surface area contributed by atoms with Gasteiger partial charge in [0.25, 0.3) is 0 Å². The molecule has 0 aliphatic heterocycles. The van der Waals surface area contributed by atoms with Crippen LogP contribution in [0.1, 0.15) is 71.6 Å². The van der Waals surface area contributed by atoms with Gasteiger partial charge in [-0.25, -0.2) is 0 Å². The summed E-state index contributed by atoms with van der Waals surface area (Å²) in [4.78, 5) is 31.8. The van der Waals surface area contributed by atoms with Crippen LogP contribution >= 0.6 is 68.3 Å². The number of aromatic amines is 9. The number of hydrogen-bond donors (Lipinski definition) is 9. The lowest BCUT2D eigenvalue weighted by Crippen LogP contribution is -2.06. The van der Waals surface area contributed by atoms with E-state index >= 15 is 0 Å². The minimum absolute atomic E-state index is 0.0119. The quantitative estimate of drug-likeness (QED) is 0.0623. The lowest BCUT2D eigenvalue weighted by molar-refractivity contribution is -0.137. The fourth-order valence-corrected chi connectivity index (χ4v) is 16.4. The molecule has 0 saturated heterocycles. The number of aryl methyl sites for hydroxylation is 4. The highest BCUT2D eigenvalue weighted by atomic mass is 35.5. The van der Waals surface area contributed by atoms with Crippen molar-refractivity contribution in [3.05, 3.63) is 349 Å². The van der Waals surface area contributed by atoms with Gasteiger partial charge < -0.3 is 54.2 Å². The summed E-state index contributed by atoms with van der Waals surface area (Å²) in [7, 11) is 3.58. The third-order valence-corrected chi connectivity index (χ3v) is 22.9. The van der Waals surface area contributed by atoms with Crippen LogP contribution in [0.3, 0.4) is 0 Å². The van der Waals surface area contributed by atoms with Crippen molar-refractivity contribution in [3.8, 4) is 158 Å². The third kappa shape index (κ3) is 22.7. The molecule has 0 fully saturated rings. The summed E-state index contributed by atoms with van der Waals surface area (Å²) < 4.78 is 46.3. The predicted molar refractivity (Wildman–Crippen MR) is 478 cm³/mol. The normalized spacial score (nSPS) is 9.93. The van der Waals surface area contributed by atoms with E-state index in [1.54, 1.807) is 114 Å². The summed E-state index contributed by atoms with van der Waals surface area (Å²) in [5.41, 5.74) is 19.5. The highest BCUT2D eigenvalue weighted by molar-refractivity contribution is 7.19. The molecule has 0 amide bonds. The summed E-state index contributed by atoms with van der Waals surface area (Å²) in [6.07, 6.45) is 28.7. The van der Waals surface area contributed by atoms with Crippen LogP contribution in [-0.2, 0) is 13.2 Å². The van der Waals surface area contributed by atoms with Gasteiger partial charge in [0.05, 0.1) is 72.8 Å². The first-order valence-corrected chi connectivity index (χ1v) is 41.1. The highest BCUT2D eigenvalue weighted by Crippen LogP contribution is 2.40. The van der Waals surface area contributed by atoms with E-state index in [1.807, 2.05) is 187 Å². The Balaban J connectivity index is 0.000000144. The van der Waals surface area contributed by atoms with Gasteiger partial charge in [0.2, 0.25) is 0 Å². The SMILES string of the molecule is COc1ccccc1-c1c[nH]cc1C#N.Cc1ccc(-c2c[nH]cc2C#N)s1.Cc1ccccc1-c1c[nH]cc1C#N.Cc1ccsc1-c1c[nH]cc1C#N.Cn1cccc1-c1c[nH]cc1C#N.N#Cc1c[nH]cc1-c1ccc(Cl)s1.N#Cc1c[nH]cc1-c1ccccc1C(F)(F)F.N#Cc1c[nH]cc1-c1cccs1.N#Cc1c[nH]cc1-c1ccsc1. The fraction of sp³-hybridized carbons (Fsp3) is 0.0645. The molecule has 29 heteroatoms. The van der Waals surface area contributed by atoms with Gasteiger partial charge in [-0.2, -0.15) is 71.9 Å². The van der Waals surface area contributed by atoms with Crippen molar-refractivity contribution in [1.29, 1.82) is 47.4 Å². The van der Waals surface area contributed by atoms with Crippen LogP contribution in [0.5, 0.6) is 5.75 Å². The van der Waals surface area contributed by atoms with Gasteiger partial charge in [-0.15, -0.1) is 45.3 Å². The van der Waals surface area contributed by atoms with Gasteiger partial charge in [0.1, 0.15) is 60.4 Å². The number of thiophene rings is 5. The Morgan fingerprint density at radius 3 is 1.20 bits per heavy atom. The number of H-pyrrole nitrogens is 9. The molecule has 122 heavy (non-hydrogen) atoms. The first-order valence-electron chi connectivity index (χ1n) is 36.4. The number of halogens is 4. The van der Waals surface area contributed by atoms with E-state index < -0.39 is 11.7 Å². The molecule has 0 radical (unpaired) electrons. The minimum Gasteiger partial charge on any atom is -0.496 e. The molecule has 0 aliphatic carbocycles. The van der Waals surface area contributed by atoms with Crippen molar-refractivity contribution in [2.24, 2.45) is 7.05 Å². The van der Waals surface area contributed by atoms with Crippen molar-refractivity contribution < 1.29 is 17.9 Å². The summed E-state index contributed by atoms with van der Waals surface area (Å²) >= 11 is 13.9. The molecule has 0 unspecified atom stereocenters. The molecule has 0 spiro atoms. The molecule has 0 aliphatic rings. The van der Waals surface area contributed by atoms with Crippen LogP contribution in [0.25, 0.3) is 97.5 Å². The van der Waals surface area contributed by atoms with Gasteiger partial charge >= 0.3 is 6.18 Å². The molecule has 0 atom stereocenters. The second-order valence-corrected chi connectivity index (χ2v) is 31.2. The summed E-state index contributed by atoms with van der Waals surface area (Å²) in [6.45, 7) is 6.16. The Bertz CT molecular complexity index is 6560. The zero-order chi connectivity index (χ0) is 86.9. The van der Waals surface area contributed by atoms with Crippen molar-refractivity contribution in [1.82, 2.24) is 49.4 Å². The van der Waals surface area contributed by atoms with Crippen LogP contribution in [0.4, 0.5) is 13.2 Å². The minimum atomic E-state index is -4.43. The number of aromatic nitrogens is 10. The number of rotatable bonds is 10. The van der Waals surface area contributed by atoms with Crippen LogP contribution in [0, 0.1) is 123 Å². The van der Waals surface area contributed by atoms with Crippen LogP contribution in [-0.4, -0.2) is 56.5 Å². The van der Waals surface area contributed by atoms with Gasteiger partial charge in [0.15, 0.2) is 0 Å². The standard InChI is InChI=1S/C12H7F3N2.C12H10N2O.C12H10N2.C10H9N3.2C10H8N2S.C9H5ClN2S.2C9H6N2S/c13-12(14,15)11-4-2-1-3-9(11)10-7-17-6-8(10)5-16;1-15-12-5-3-2-4-10(12)11-8-14-7-9(11)6-13;1-9-4-2-3-5-11(9)12-8-14-7-10(12)6-13;1-13-4-2-3-10(13)9-7-12-6-8(9)5-11;1-7-2-3-13-10(7)9-6-12-5-8(9)4-11;1-7-2-3-10(13-7)9-6-12-5-8(9)4-11;10-9-2-1-8(13-9)7-5-12-4-6(7)3-11;10-3-8-4-11-5-9(8)7-1-2-12-6-7;10-4-7-5-11-6-8(7)9-2-1-3-12-9/h1-4,6-7,17H;2-5,7-8,14H,1H3;2-5,7-8,14H,1H3;2-4,6-7,12H,1H3;2*2-3,5-6,12H,1H3;1-2,4-5,12H;1-2,4-6,11H;1-3,5-6,11H. The number of nitriles is 9. The molecule has 3 aromatic carbocycles. The van der Waals surface area contributed by atoms with E-state index in [-0.39, 0.29) is 16.7 Å². The molecule has 600 valence electrons. The number of alkyl halides is 3. The average Bonchev–Trinajstić information content (AvgIpc) is 1.01. The summed E-state index contributed by atoms with van der Waals surface area (Å²) in [6, 6.07) is 59.8. The van der Waals surface area contributed by atoms with E-state index in [2.05, 4.69) is 119 Å². The number of ether oxygens (including phenoxy) is 1. The first-order chi connectivity index (χ1) is 59.3. The summed E-state index contributed by atoms with van der Waals surface area (Å²) in [5.74, 6) is 0.772. The highest BCUT2D eigenvalue weighted by Gasteiger charge is 2.34. The Labute approximate surface area is 725 Å². The maximum atomic E-state index is 12.8. The Hall–Kier alpha value is -15.8.